The second-order valence-electron chi connectivity index (χ2n) is 5.48. The van der Waals surface area contributed by atoms with Crippen LogP contribution in [0.15, 0.2) is 22.7 Å². The number of fused-ring (bicyclic) bond motifs is 1. The third-order valence-corrected chi connectivity index (χ3v) is 4.72. The van der Waals surface area contributed by atoms with E-state index in [0.29, 0.717) is 18.0 Å². The van der Waals surface area contributed by atoms with Crippen LogP contribution in [0.2, 0.25) is 0 Å². The van der Waals surface area contributed by atoms with E-state index in [-0.39, 0.29) is 0 Å². The maximum absolute atomic E-state index is 6.14. The van der Waals surface area contributed by atoms with Gasteiger partial charge in [0.15, 0.2) is 0 Å². The molecule has 0 aliphatic carbocycles. The Hall–Kier alpha value is -1.07. The highest BCUT2D eigenvalue weighted by atomic mass is 79.9. The van der Waals surface area contributed by atoms with Gasteiger partial charge in [0, 0.05) is 23.1 Å². The number of nitrogens with zero attached hydrogens (tertiary/aromatic N) is 3. The minimum Gasteiger partial charge on any atom is -0.369 e. The first kappa shape index (κ1) is 12.9. The van der Waals surface area contributed by atoms with Crippen molar-refractivity contribution in [3.63, 3.8) is 0 Å². The number of nitrogens with two attached hydrogens (primary N) is 1. The van der Waals surface area contributed by atoms with E-state index in [1.54, 1.807) is 0 Å². The summed E-state index contributed by atoms with van der Waals surface area (Å²) < 4.78 is 3.26. The fourth-order valence-corrected chi connectivity index (χ4v) is 3.32. The van der Waals surface area contributed by atoms with Crippen molar-refractivity contribution in [2.75, 3.05) is 19.3 Å². The van der Waals surface area contributed by atoms with E-state index in [1.165, 1.54) is 0 Å². The lowest BCUT2D eigenvalue weighted by Gasteiger charge is -2.36. The molecular weight excluding hydrogens is 304 g/mol. The molecule has 2 heterocycles. The van der Waals surface area contributed by atoms with Crippen LogP contribution >= 0.6 is 15.9 Å². The van der Waals surface area contributed by atoms with Crippen molar-refractivity contribution < 1.29 is 0 Å². The summed E-state index contributed by atoms with van der Waals surface area (Å²) in [7, 11) is 2.19. The molecule has 1 aromatic carbocycles. The van der Waals surface area contributed by atoms with E-state index in [1.807, 2.05) is 6.07 Å². The molecule has 0 spiro atoms. The largest absolute Gasteiger partial charge is 0.369 e. The minimum absolute atomic E-state index is 0.456. The number of rotatable bonds is 1. The van der Waals surface area contributed by atoms with Gasteiger partial charge in [0.2, 0.25) is 5.95 Å². The zero-order valence-electron chi connectivity index (χ0n) is 11.3. The number of piperidine rings is 1. The van der Waals surface area contributed by atoms with Crippen LogP contribution in [0.5, 0.6) is 0 Å². The molecule has 2 unspecified atom stereocenters. The number of nitrogen functional groups attached to an aromatic ring is 1. The molecule has 0 bridgehead atoms. The predicted molar refractivity (Wildman–Crippen MR) is 82.2 cm³/mol. The van der Waals surface area contributed by atoms with Crippen molar-refractivity contribution in [3.8, 4) is 0 Å². The molecule has 2 N–H and O–H groups in total. The third kappa shape index (κ3) is 2.25. The molecule has 2 aromatic rings. The van der Waals surface area contributed by atoms with Crippen LogP contribution in [-0.2, 0) is 0 Å². The summed E-state index contributed by atoms with van der Waals surface area (Å²) in [6, 6.07) is 7.23. The van der Waals surface area contributed by atoms with Crippen molar-refractivity contribution in [1.82, 2.24) is 14.5 Å². The van der Waals surface area contributed by atoms with Crippen molar-refractivity contribution in [1.29, 1.82) is 0 Å². The van der Waals surface area contributed by atoms with Gasteiger partial charge in [0.05, 0.1) is 11.0 Å². The first-order valence-corrected chi connectivity index (χ1v) is 7.49. The number of imidazole rings is 1. The van der Waals surface area contributed by atoms with Gasteiger partial charge in [0.1, 0.15) is 0 Å². The zero-order chi connectivity index (χ0) is 13.6. The first-order chi connectivity index (χ1) is 9.06. The highest BCUT2D eigenvalue weighted by Gasteiger charge is 2.26. The normalized spacial score (nSPS) is 25.0. The minimum atomic E-state index is 0.456. The van der Waals surface area contributed by atoms with Gasteiger partial charge in [-0.3, -0.25) is 0 Å². The Morgan fingerprint density at radius 3 is 2.95 bits per heavy atom. The molecule has 1 aromatic heterocycles. The molecule has 1 aliphatic heterocycles. The van der Waals surface area contributed by atoms with Gasteiger partial charge in [-0.15, -0.1) is 0 Å². The maximum atomic E-state index is 6.14. The highest BCUT2D eigenvalue weighted by Crippen LogP contribution is 2.32. The number of hydrogen-bond donors (Lipinski definition) is 1. The molecule has 0 radical (unpaired) electrons. The number of aromatic nitrogens is 2. The van der Waals surface area contributed by atoms with Crippen LogP contribution < -0.4 is 5.73 Å². The number of anilines is 1. The van der Waals surface area contributed by atoms with Crippen LogP contribution in [0, 0.1) is 0 Å². The zero-order valence-corrected chi connectivity index (χ0v) is 12.9. The Bertz CT molecular complexity index is 607. The quantitative estimate of drug-likeness (QED) is 0.877. The lowest BCUT2D eigenvalue weighted by atomic mass is 9.98. The van der Waals surface area contributed by atoms with Crippen LogP contribution in [0.4, 0.5) is 5.95 Å². The van der Waals surface area contributed by atoms with Crippen LogP contribution in [-0.4, -0.2) is 34.1 Å². The SMILES string of the molecule is CC1CC(n2c(N)nc3cc(Br)ccc32)CCN1C. The van der Waals surface area contributed by atoms with E-state index in [4.69, 9.17) is 5.73 Å². The molecule has 102 valence electrons. The lowest BCUT2D eigenvalue weighted by molar-refractivity contribution is 0.159. The van der Waals surface area contributed by atoms with Crippen LogP contribution in [0.3, 0.4) is 0 Å². The maximum Gasteiger partial charge on any atom is 0.201 e. The molecule has 19 heavy (non-hydrogen) atoms. The van der Waals surface area contributed by atoms with E-state index >= 15 is 0 Å². The summed E-state index contributed by atoms with van der Waals surface area (Å²) in [5.74, 6) is 0.634. The summed E-state index contributed by atoms with van der Waals surface area (Å²) in [6.07, 6.45) is 2.26. The topological polar surface area (TPSA) is 47.1 Å². The van der Waals surface area contributed by atoms with Crippen LogP contribution in [0.1, 0.15) is 25.8 Å². The molecule has 3 rings (SSSR count). The Kier molecular flexibility index (Phi) is 3.27. The van der Waals surface area contributed by atoms with Gasteiger partial charge in [-0.25, -0.2) is 4.98 Å². The Morgan fingerprint density at radius 1 is 1.42 bits per heavy atom. The predicted octanol–water partition coefficient (Wildman–Crippen LogP) is 3.04. The van der Waals surface area contributed by atoms with Gasteiger partial charge < -0.3 is 15.2 Å². The second kappa shape index (κ2) is 4.80. The summed E-state index contributed by atoms with van der Waals surface area (Å²) in [6.45, 7) is 3.39. The van der Waals surface area contributed by atoms with Crippen LogP contribution in [0.25, 0.3) is 11.0 Å². The number of likely N-dealkylation sites (tertiary alicyclic amines) is 1. The van der Waals surface area contributed by atoms with E-state index in [0.717, 1.165) is 34.9 Å². The molecule has 1 saturated heterocycles. The molecular formula is C14H19BrN4. The van der Waals surface area contributed by atoms with Gasteiger partial charge in [-0.2, -0.15) is 0 Å². The summed E-state index contributed by atoms with van der Waals surface area (Å²) >= 11 is 3.48. The first-order valence-electron chi connectivity index (χ1n) is 6.69. The summed E-state index contributed by atoms with van der Waals surface area (Å²) in [4.78, 5) is 6.90. The Morgan fingerprint density at radius 2 is 2.21 bits per heavy atom. The smallest absolute Gasteiger partial charge is 0.201 e. The summed E-state index contributed by atoms with van der Waals surface area (Å²) in [5, 5.41) is 0. The van der Waals surface area contributed by atoms with Gasteiger partial charge >= 0.3 is 0 Å². The van der Waals surface area contributed by atoms with Gasteiger partial charge in [0.25, 0.3) is 0 Å². The molecule has 4 nitrogen and oxygen atoms in total. The molecule has 0 amide bonds. The lowest BCUT2D eigenvalue weighted by Crippen LogP contribution is -2.38. The number of hydrogen-bond acceptors (Lipinski definition) is 3. The molecule has 1 aliphatic rings. The van der Waals surface area contributed by atoms with Gasteiger partial charge in [-0.1, -0.05) is 15.9 Å². The Labute approximate surface area is 121 Å². The second-order valence-corrected chi connectivity index (χ2v) is 6.40. The number of halogens is 1. The third-order valence-electron chi connectivity index (χ3n) is 4.22. The van der Waals surface area contributed by atoms with Crippen molar-refractivity contribution >= 4 is 32.9 Å². The fourth-order valence-electron chi connectivity index (χ4n) is 2.97. The van der Waals surface area contributed by atoms with Crippen molar-refractivity contribution in [2.45, 2.75) is 31.8 Å². The van der Waals surface area contributed by atoms with Gasteiger partial charge in [-0.05, 0) is 45.0 Å². The average Bonchev–Trinajstić information content (AvgIpc) is 2.68. The Balaban J connectivity index is 2.03. The number of benzene rings is 1. The molecule has 0 saturated carbocycles. The molecule has 5 heteroatoms. The van der Waals surface area contributed by atoms with E-state index in [9.17, 15) is 0 Å². The molecule has 1 fully saturated rings. The fraction of sp³-hybridized carbons (Fsp3) is 0.500. The molecule has 2 atom stereocenters. The highest BCUT2D eigenvalue weighted by molar-refractivity contribution is 9.10. The standard InChI is InChI=1S/C14H19BrN4/c1-9-7-11(5-6-18(9)2)19-13-4-3-10(15)8-12(13)17-14(19)16/h3-4,8-9,11H,5-7H2,1-2H3,(H2,16,17). The van der Waals surface area contributed by atoms with E-state index in [2.05, 4.69) is 56.5 Å². The van der Waals surface area contributed by atoms with Crippen molar-refractivity contribution in [3.05, 3.63) is 22.7 Å². The average molecular weight is 323 g/mol. The summed E-state index contributed by atoms with van der Waals surface area (Å²) in [5.41, 5.74) is 8.25. The monoisotopic (exact) mass is 322 g/mol. The van der Waals surface area contributed by atoms with E-state index < -0.39 is 0 Å². The van der Waals surface area contributed by atoms with Crippen molar-refractivity contribution in [2.24, 2.45) is 0 Å².